The van der Waals surface area contributed by atoms with Crippen LogP contribution in [0.25, 0.3) is 0 Å². The molecule has 0 heterocycles. The molecule has 0 fully saturated rings. The second-order valence-electron chi connectivity index (χ2n) is 3.34. The Morgan fingerprint density at radius 2 is 1.88 bits per heavy atom. The number of hydrogen-bond donors (Lipinski definition) is 1. The predicted octanol–water partition coefficient (Wildman–Crippen LogP) is 4.04. The summed E-state index contributed by atoms with van der Waals surface area (Å²) in [6.07, 6.45) is 1.19. The van der Waals surface area contributed by atoms with Gasteiger partial charge in [0.2, 0.25) is 0 Å². The molecule has 0 aromatic heterocycles. The largest absolute Gasteiger partial charge is 0.473 e. The highest BCUT2D eigenvalue weighted by molar-refractivity contribution is 9.10. The van der Waals surface area contributed by atoms with E-state index in [9.17, 15) is 9.46 Å². The van der Waals surface area contributed by atoms with Gasteiger partial charge in [0.1, 0.15) is 0 Å². The van der Waals surface area contributed by atoms with E-state index < -0.39 is 13.4 Å². The Hall–Kier alpha value is 1.58. The number of rotatable bonds is 9. The van der Waals surface area contributed by atoms with Crippen LogP contribution in [0.2, 0.25) is 0 Å². The smallest absolute Gasteiger partial charge is 0.302 e. The summed E-state index contributed by atoms with van der Waals surface area (Å²) >= 11 is 15.5. The maximum atomic E-state index is 11.5. The van der Waals surface area contributed by atoms with Crippen LogP contribution in [0.1, 0.15) is 0 Å². The Bertz CT molecular complexity index is 280. The molecule has 0 saturated heterocycles. The zero-order chi connectivity index (χ0) is 13.5. The van der Waals surface area contributed by atoms with Crippen molar-refractivity contribution in [1.29, 1.82) is 0 Å². The Kier molecular flexibility index (Phi) is 9.50. The molecular weight excluding hydrogens is 466 g/mol. The minimum atomic E-state index is -4.17. The molecule has 0 rings (SSSR count). The lowest BCUT2D eigenvalue weighted by Crippen LogP contribution is -2.32. The quantitative estimate of drug-likeness (QED) is 0.308. The molecule has 0 aliphatic rings. The summed E-state index contributed by atoms with van der Waals surface area (Å²) in [5, 5.41) is 1.80. The second kappa shape index (κ2) is 8.69. The monoisotopic (exact) mass is 476 g/mol. The second-order valence-corrected chi connectivity index (χ2v) is 6.85. The standard InChI is InChI=1S/C8H13Br3ClO4P/c1-2-7(12)16-17(13,14)15-6-8(3-9,4-10)5-11/h2,7H,1,3-6H2,(H,13,14). The zero-order valence-electron chi connectivity index (χ0n) is 8.82. The van der Waals surface area contributed by atoms with Gasteiger partial charge in [0.25, 0.3) is 0 Å². The first-order valence-electron chi connectivity index (χ1n) is 4.45. The lowest BCUT2D eigenvalue weighted by molar-refractivity contribution is 0.118. The molecule has 0 aromatic carbocycles. The Morgan fingerprint density at radius 3 is 2.24 bits per heavy atom. The van der Waals surface area contributed by atoms with E-state index in [4.69, 9.17) is 16.1 Å². The van der Waals surface area contributed by atoms with Gasteiger partial charge in [-0.3, -0.25) is 9.05 Å². The molecule has 4 nitrogen and oxygen atoms in total. The molecule has 0 aliphatic heterocycles. The normalized spacial score (nSPS) is 17.5. The third-order valence-corrected chi connectivity index (χ3v) is 6.71. The highest BCUT2D eigenvalue weighted by Crippen LogP contribution is 2.47. The maximum Gasteiger partial charge on any atom is 0.473 e. The molecule has 0 saturated carbocycles. The first kappa shape index (κ1) is 18.6. The van der Waals surface area contributed by atoms with Crippen molar-refractivity contribution in [1.82, 2.24) is 0 Å². The van der Waals surface area contributed by atoms with Crippen LogP contribution in [-0.2, 0) is 13.6 Å². The fourth-order valence-electron chi connectivity index (χ4n) is 0.642. The van der Waals surface area contributed by atoms with Gasteiger partial charge in [-0.05, 0) is 6.08 Å². The molecule has 17 heavy (non-hydrogen) atoms. The highest BCUT2D eigenvalue weighted by Gasteiger charge is 2.33. The summed E-state index contributed by atoms with van der Waals surface area (Å²) in [7, 11) is -4.17. The van der Waals surface area contributed by atoms with E-state index in [1.165, 1.54) is 6.08 Å². The van der Waals surface area contributed by atoms with Crippen molar-refractivity contribution < 1.29 is 18.5 Å². The zero-order valence-corrected chi connectivity index (χ0v) is 15.2. The third-order valence-electron chi connectivity index (χ3n) is 1.80. The van der Waals surface area contributed by atoms with E-state index in [1.807, 2.05) is 0 Å². The van der Waals surface area contributed by atoms with Gasteiger partial charge in [0, 0.05) is 21.4 Å². The summed E-state index contributed by atoms with van der Waals surface area (Å²) in [6.45, 7) is 3.38. The average molecular weight is 479 g/mol. The highest BCUT2D eigenvalue weighted by atomic mass is 79.9. The number of phosphoric ester groups is 1. The first-order valence-corrected chi connectivity index (χ1v) is 9.74. The molecule has 2 unspecified atom stereocenters. The van der Waals surface area contributed by atoms with Gasteiger partial charge in [-0.2, -0.15) is 0 Å². The van der Waals surface area contributed by atoms with Crippen LogP contribution >= 0.6 is 67.2 Å². The van der Waals surface area contributed by atoms with Crippen molar-refractivity contribution in [3.05, 3.63) is 12.7 Å². The Labute approximate surface area is 131 Å². The van der Waals surface area contributed by atoms with Crippen molar-refractivity contribution >= 4 is 67.2 Å². The van der Waals surface area contributed by atoms with Crippen LogP contribution in [0.5, 0.6) is 0 Å². The third kappa shape index (κ3) is 7.06. The van der Waals surface area contributed by atoms with Gasteiger partial charge >= 0.3 is 7.82 Å². The number of halogens is 4. The van der Waals surface area contributed by atoms with Crippen LogP contribution in [0, 0.1) is 5.41 Å². The summed E-state index contributed by atoms with van der Waals surface area (Å²) in [5.74, 6) is 0. The van der Waals surface area contributed by atoms with E-state index in [0.29, 0.717) is 16.0 Å². The molecule has 0 radical (unpaired) electrons. The molecule has 2 atom stereocenters. The number of alkyl halides is 4. The lowest BCUT2D eigenvalue weighted by atomic mass is 9.98. The summed E-state index contributed by atoms with van der Waals surface area (Å²) in [4.78, 5) is 9.40. The van der Waals surface area contributed by atoms with Crippen molar-refractivity contribution in [3.8, 4) is 0 Å². The van der Waals surface area contributed by atoms with Crippen molar-refractivity contribution in [2.75, 3.05) is 22.6 Å². The maximum absolute atomic E-state index is 11.5. The van der Waals surface area contributed by atoms with Gasteiger partial charge in [-0.1, -0.05) is 66.0 Å². The molecule has 0 bridgehead atoms. The van der Waals surface area contributed by atoms with E-state index in [1.54, 1.807) is 0 Å². The Morgan fingerprint density at radius 1 is 1.41 bits per heavy atom. The minimum absolute atomic E-state index is 0.0449. The molecule has 0 aromatic rings. The molecule has 1 N–H and O–H groups in total. The number of hydrogen-bond acceptors (Lipinski definition) is 3. The van der Waals surface area contributed by atoms with E-state index in [2.05, 4.69) is 58.9 Å². The molecule has 0 spiro atoms. The lowest BCUT2D eigenvalue weighted by Gasteiger charge is -2.28. The topological polar surface area (TPSA) is 55.8 Å². The van der Waals surface area contributed by atoms with Gasteiger partial charge in [-0.25, -0.2) is 4.57 Å². The summed E-state index contributed by atoms with van der Waals surface area (Å²) in [6, 6.07) is 0. The fourth-order valence-corrected chi connectivity index (χ4v) is 5.05. The predicted molar refractivity (Wildman–Crippen MR) is 80.5 cm³/mol. The van der Waals surface area contributed by atoms with Crippen LogP contribution in [0.15, 0.2) is 12.7 Å². The van der Waals surface area contributed by atoms with E-state index in [0.717, 1.165) is 0 Å². The first-order chi connectivity index (χ1) is 7.84. The molecule has 0 aliphatic carbocycles. The molecular formula is C8H13Br3ClO4P. The molecule has 102 valence electrons. The van der Waals surface area contributed by atoms with Crippen LogP contribution < -0.4 is 0 Å². The van der Waals surface area contributed by atoms with Crippen molar-refractivity contribution in [2.45, 2.75) is 5.56 Å². The summed E-state index contributed by atoms with van der Waals surface area (Å²) < 4.78 is 21.0. The van der Waals surface area contributed by atoms with Crippen LogP contribution in [0.4, 0.5) is 0 Å². The van der Waals surface area contributed by atoms with Crippen LogP contribution in [-0.4, -0.2) is 33.1 Å². The SMILES string of the molecule is C=CC(Cl)OP(=O)(O)OCC(CBr)(CBr)CBr. The summed E-state index contributed by atoms with van der Waals surface area (Å²) in [5.41, 5.74) is -1.39. The molecule has 9 heteroatoms. The van der Waals surface area contributed by atoms with Crippen molar-refractivity contribution in [2.24, 2.45) is 5.41 Å². The van der Waals surface area contributed by atoms with E-state index >= 15 is 0 Å². The van der Waals surface area contributed by atoms with Gasteiger partial charge < -0.3 is 4.89 Å². The minimum Gasteiger partial charge on any atom is -0.302 e. The van der Waals surface area contributed by atoms with Gasteiger partial charge in [-0.15, -0.1) is 0 Å². The van der Waals surface area contributed by atoms with Crippen molar-refractivity contribution in [3.63, 3.8) is 0 Å². The van der Waals surface area contributed by atoms with E-state index in [-0.39, 0.29) is 12.0 Å². The fraction of sp³-hybridized carbons (Fsp3) is 0.750. The molecule has 0 amide bonds. The Balaban J connectivity index is 4.42. The van der Waals surface area contributed by atoms with Gasteiger partial charge in [0.05, 0.1) is 6.61 Å². The van der Waals surface area contributed by atoms with Crippen LogP contribution in [0.3, 0.4) is 0 Å². The van der Waals surface area contributed by atoms with Gasteiger partial charge in [0.15, 0.2) is 5.56 Å². The number of phosphoric acid groups is 1. The average Bonchev–Trinajstić information content (AvgIpc) is 2.31.